The molecule has 0 unspecified atom stereocenters. The second-order valence-corrected chi connectivity index (χ2v) is 5.50. The highest BCUT2D eigenvalue weighted by molar-refractivity contribution is 7.99. The molecule has 6 nitrogen and oxygen atoms in total. The molecule has 7 heteroatoms. The summed E-state index contributed by atoms with van der Waals surface area (Å²) >= 11 is 1.16. The van der Waals surface area contributed by atoms with Crippen LogP contribution in [0.5, 0.6) is 0 Å². The van der Waals surface area contributed by atoms with Crippen LogP contribution in [0.3, 0.4) is 0 Å². The summed E-state index contributed by atoms with van der Waals surface area (Å²) in [7, 11) is 0. The number of carbonyl (C=O) groups is 1. The number of aromatic nitrogens is 3. The molecule has 0 aromatic carbocycles. The highest BCUT2D eigenvalue weighted by Gasteiger charge is 2.20. The number of aryl methyl sites for hydroxylation is 1. The van der Waals surface area contributed by atoms with Gasteiger partial charge in [0, 0.05) is 18.8 Å². The van der Waals surface area contributed by atoms with Crippen molar-refractivity contribution in [2.75, 3.05) is 12.4 Å². The molecule has 19 heavy (non-hydrogen) atoms. The highest BCUT2D eigenvalue weighted by Crippen LogP contribution is 2.21. The van der Waals surface area contributed by atoms with Crippen LogP contribution in [0.1, 0.15) is 32.0 Å². The second-order valence-electron chi connectivity index (χ2n) is 4.56. The predicted molar refractivity (Wildman–Crippen MR) is 68.7 cm³/mol. The van der Waals surface area contributed by atoms with E-state index in [4.69, 9.17) is 4.74 Å². The van der Waals surface area contributed by atoms with Gasteiger partial charge in [-0.25, -0.2) is 0 Å². The molecular formula is C12H18N3O3S-. The van der Waals surface area contributed by atoms with Crippen LogP contribution in [-0.4, -0.2) is 39.2 Å². The average molecular weight is 284 g/mol. The number of carbonyl (C=O) groups excluding carboxylic acids is 1. The van der Waals surface area contributed by atoms with Crippen LogP contribution in [0.15, 0.2) is 5.16 Å². The summed E-state index contributed by atoms with van der Waals surface area (Å²) in [6.45, 7) is 3.59. The number of carboxylic acids is 1. The molecule has 0 radical (unpaired) electrons. The number of hydrogen-bond donors (Lipinski definition) is 0. The van der Waals surface area contributed by atoms with Gasteiger partial charge < -0.3 is 19.2 Å². The molecule has 0 aliphatic carbocycles. The first-order chi connectivity index (χ1) is 9.20. The summed E-state index contributed by atoms with van der Waals surface area (Å²) in [5, 5.41) is 19.4. The summed E-state index contributed by atoms with van der Waals surface area (Å²) in [6.07, 6.45) is 4.13. The van der Waals surface area contributed by atoms with Crippen LogP contribution >= 0.6 is 11.8 Å². The van der Waals surface area contributed by atoms with Crippen molar-refractivity contribution in [3.8, 4) is 0 Å². The van der Waals surface area contributed by atoms with E-state index < -0.39 is 5.97 Å². The molecule has 0 bridgehead atoms. The van der Waals surface area contributed by atoms with Gasteiger partial charge in [0.05, 0.1) is 18.6 Å². The van der Waals surface area contributed by atoms with Crippen molar-refractivity contribution in [2.24, 2.45) is 0 Å². The number of aliphatic carboxylic acids is 1. The molecule has 0 amide bonds. The maximum atomic E-state index is 10.5. The van der Waals surface area contributed by atoms with Gasteiger partial charge in [0.1, 0.15) is 5.82 Å². The Morgan fingerprint density at radius 1 is 1.58 bits per heavy atom. The SMILES string of the molecule is CCCc1nnc(SCC(=O)[O-])n1C[C@@H]1CCCO1. The van der Waals surface area contributed by atoms with E-state index in [1.807, 2.05) is 4.57 Å². The number of carboxylic acid groups (broad SMARTS) is 1. The summed E-state index contributed by atoms with van der Waals surface area (Å²) in [5.41, 5.74) is 0. The van der Waals surface area contributed by atoms with Crippen molar-refractivity contribution in [1.29, 1.82) is 0 Å². The fraction of sp³-hybridized carbons (Fsp3) is 0.750. The zero-order valence-electron chi connectivity index (χ0n) is 11.0. The molecule has 1 aromatic rings. The monoisotopic (exact) mass is 284 g/mol. The fourth-order valence-corrected chi connectivity index (χ4v) is 2.81. The quantitative estimate of drug-likeness (QED) is 0.668. The van der Waals surface area contributed by atoms with E-state index in [2.05, 4.69) is 17.1 Å². The topological polar surface area (TPSA) is 80.1 Å². The van der Waals surface area contributed by atoms with E-state index in [0.717, 1.165) is 49.9 Å². The summed E-state index contributed by atoms with van der Waals surface area (Å²) in [5.74, 6) is -0.289. The Kier molecular flexibility index (Phi) is 5.21. The Labute approximate surface area is 116 Å². The molecule has 0 N–H and O–H groups in total. The molecule has 0 spiro atoms. The molecule has 1 aliphatic rings. The zero-order valence-corrected chi connectivity index (χ0v) is 11.8. The molecular weight excluding hydrogens is 266 g/mol. The Hall–Kier alpha value is -1.08. The van der Waals surface area contributed by atoms with Crippen molar-refractivity contribution >= 4 is 17.7 Å². The van der Waals surface area contributed by atoms with Gasteiger partial charge in [-0.3, -0.25) is 0 Å². The first-order valence-corrected chi connectivity index (χ1v) is 7.55. The average Bonchev–Trinajstić information content (AvgIpc) is 2.99. The maximum absolute atomic E-state index is 10.5. The standard InChI is InChI=1S/C12H19N3O3S/c1-2-4-10-13-14-12(19-8-11(16)17)15(10)7-9-5-3-6-18-9/h9H,2-8H2,1H3,(H,16,17)/p-1/t9-/m0/s1. The van der Waals surface area contributed by atoms with Crippen LogP contribution < -0.4 is 5.11 Å². The lowest BCUT2D eigenvalue weighted by atomic mass is 10.2. The van der Waals surface area contributed by atoms with Gasteiger partial charge in [0.15, 0.2) is 5.16 Å². The number of nitrogens with zero attached hydrogens (tertiary/aromatic N) is 3. The van der Waals surface area contributed by atoms with Gasteiger partial charge in [-0.05, 0) is 19.3 Å². The normalized spacial score (nSPS) is 18.9. The Bertz CT molecular complexity index is 430. The highest BCUT2D eigenvalue weighted by atomic mass is 32.2. The third kappa shape index (κ3) is 3.94. The third-order valence-corrected chi connectivity index (χ3v) is 3.94. The van der Waals surface area contributed by atoms with Crippen LogP contribution in [0.2, 0.25) is 0 Å². The summed E-state index contributed by atoms with van der Waals surface area (Å²) < 4.78 is 7.62. The Balaban J connectivity index is 2.09. The summed E-state index contributed by atoms with van der Waals surface area (Å²) in [6, 6.07) is 0. The molecule has 1 fully saturated rings. The fourth-order valence-electron chi connectivity index (χ4n) is 2.13. The second kappa shape index (κ2) is 6.91. The van der Waals surface area contributed by atoms with Crippen LogP contribution in [0.25, 0.3) is 0 Å². The van der Waals surface area contributed by atoms with Gasteiger partial charge in [-0.1, -0.05) is 18.7 Å². The molecule has 106 valence electrons. The van der Waals surface area contributed by atoms with Crippen molar-refractivity contribution in [1.82, 2.24) is 14.8 Å². The minimum absolute atomic E-state index is 0.101. The van der Waals surface area contributed by atoms with E-state index >= 15 is 0 Å². The van der Waals surface area contributed by atoms with Crippen molar-refractivity contribution < 1.29 is 14.6 Å². The zero-order chi connectivity index (χ0) is 13.7. The number of hydrogen-bond acceptors (Lipinski definition) is 6. The molecule has 2 heterocycles. The smallest absolute Gasteiger partial charge is 0.191 e. The molecule has 0 saturated carbocycles. The molecule has 2 rings (SSSR count). The van der Waals surface area contributed by atoms with E-state index in [9.17, 15) is 9.90 Å². The largest absolute Gasteiger partial charge is 0.549 e. The van der Waals surface area contributed by atoms with Gasteiger partial charge in [0.25, 0.3) is 0 Å². The molecule has 1 atom stereocenters. The Morgan fingerprint density at radius 2 is 2.42 bits per heavy atom. The third-order valence-electron chi connectivity index (χ3n) is 3.00. The van der Waals surface area contributed by atoms with Gasteiger partial charge in [-0.15, -0.1) is 10.2 Å². The molecule has 1 aliphatic heterocycles. The van der Waals surface area contributed by atoms with Crippen LogP contribution in [0, 0.1) is 0 Å². The van der Waals surface area contributed by atoms with Gasteiger partial charge >= 0.3 is 0 Å². The predicted octanol–water partition coefficient (Wildman–Crippen LogP) is 0.252. The summed E-state index contributed by atoms with van der Waals surface area (Å²) in [4.78, 5) is 10.5. The lowest BCUT2D eigenvalue weighted by Crippen LogP contribution is -2.25. The van der Waals surface area contributed by atoms with E-state index in [-0.39, 0.29) is 11.9 Å². The minimum atomic E-state index is -1.09. The number of thioether (sulfide) groups is 1. The first-order valence-electron chi connectivity index (χ1n) is 6.57. The number of ether oxygens (including phenoxy) is 1. The van der Waals surface area contributed by atoms with Crippen molar-refractivity contribution in [3.05, 3.63) is 5.82 Å². The van der Waals surface area contributed by atoms with E-state index in [0.29, 0.717) is 11.7 Å². The van der Waals surface area contributed by atoms with E-state index in [1.165, 1.54) is 0 Å². The Morgan fingerprint density at radius 3 is 3.05 bits per heavy atom. The van der Waals surface area contributed by atoms with Gasteiger partial charge in [0.2, 0.25) is 0 Å². The maximum Gasteiger partial charge on any atom is 0.191 e. The van der Waals surface area contributed by atoms with Crippen LogP contribution in [0.4, 0.5) is 0 Å². The number of rotatable bonds is 7. The first kappa shape index (κ1) is 14.3. The lowest BCUT2D eigenvalue weighted by molar-refractivity contribution is -0.301. The van der Waals surface area contributed by atoms with Crippen molar-refractivity contribution in [3.63, 3.8) is 0 Å². The van der Waals surface area contributed by atoms with Crippen LogP contribution in [-0.2, 0) is 22.5 Å². The van der Waals surface area contributed by atoms with Crippen molar-refractivity contribution in [2.45, 2.75) is 50.4 Å². The van der Waals surface area contributed by atoms with Gasteiger partial charge in [-0.2, -0.15) is 0 Å². The van der Waals surface area contributed by atoms with E-state index in [1.54, 1.807) is 0 Å². The molecule has 1 saturated heterocycles. The molecule has 1 aromatic heterocycles. The lowest BCUT2D eigenvalue weighted by Gasteiger charge is -2.14. The minimum Gasteiger partial charge on any atom is -0.549 e.